The van der Waals surface area contributed by atoms with Gasteiger partial charge in [0.25, 0.3) is 10.1 Å². The van der Waals surface area contributed by atoms with E-state index in [1.54, 1.807) is 6.92 Å². The van der Waals surface area contributed by atoms with Crippen molar-refractivity contribution in [2.75, 3.05) is 18.9 Å². The average Bonchev–Trinajstić information content (AvgIpc) is 1.78. The molecule has 0 aliphatic carbocycles. The minimum Gasteiger partial charge on any atom is -0.302 e. The van der Waals surface area contributed by atoms with Crippen LogP contribution < -0.4 is 5.48 Å². The van der Waals surface area contributed by atoms with Crippen LogP contribution in [0.15, 0.2) is 0 Å². The van der Waals surface area contributed by atoms with Gasteiger partial charge >= 0.3 is 0 Å². The molecule has 0 aliphatic heterocycles. The van der Waals surface area contributed by atoms with Gasteiger partial charge in [0.05, 0.1) is 12.4 Å². The summed E-state index contributed by atoms with van der Waals surface area (Å²) in [5.41, 5.74) is 2.35. The van der Waals surface area contributed by atoms with Gasteiger partial charge in [-0.05, 0) is 6.92 Å². The van der Waals surface area contributed by atoms with Gasteiger partial charge in [-0.15, -0.1) is 0 Å². The quantitative estimate of drug-likeness (QED) is 0.327. The number of hydroxylamine groups is 1. The van der Waals surface area contributed by atoms with Gasteiger partial charge in [0, 0.05) is 6.54 Å². The van der Waals surface area contributed by atoms with Crippen LogP contribution in [0, 0.1) is 0 Å². The largest absolute Gasteiger partial charge is 0.302 e. The molecule has 0 spiro atoms. The lowest BCUT2D eigenvalue weighted by Gasteiger charge is -1.99. The van der Waals surface area contributed by atoms with Crippen molar-refractivity contribution in [2.45, 2.75) is 6.92 Å². The van der Waals surface area contributed by atoms with E-state index in [1.165, 1.54) is 0 Å². The zero-order valence-electron chi connectivity index (χ0n) is 5.70. The smallest absolute Gasteiger partial charge is 0.266 e. The maximum atomic E-state index is 10.1. The first kappa shape index (κ1) is 9.83. The van der Waals surface area contributed by atoms with Gasteiger partial charge in [0.15, 0.2) is 0 Å². The second kappa shape index (κ2) is 4.62. The summed E-state index contributed by atoms with van der Waals surface area (Å²) in [7, 11) is -3.85. The second-order valence-electron chi connectivity index (χ2n) is 1.61. The van der Waals surface area contributed by atoms with Crippen LogP contribution in [0.3, 0.4) is 0 Å². The van der Waals surface area contributed by atoms with E-state index in [9.17, 15) is 8.42 Å². The third-order valence-electron chi connectivity index (χ3n) is 0.708. The molecule has 0 amide bonds. The summed E-state index contributed by atoms with van der Waals surface area (Å²) >= 11 is 0. The molecule has 0 heterocycles. The van der Waals surface area contributed by atoms with Crippen LogP contribution in [0.2, 0.25) is 0 Å². The van der Waals surface area contributed by atoms with E-state index in [4.69, 9.17) is 4.55 Å². The molecule has 2 N–H and O–H groups in total. The van der Waals surface area contributed by atoms with Gasteiger partial charge in [-0.1, -0.05) is 0 Å². The minimum atomic E-state index is -3.85. The molecule has 0 aromatic rings. The van der Waals surface area contributed by atoms with Crippen molar-refractivity contribution in [3.05, 3.63) is 0 Å². The number of hydrogen-bond donors (Lipinski definition) is 2. The van der Waals surface area contributed by atoms with E-state index in [1.807, 2.05) is 0 Å². The predicted octanol–water partition coefficient (Wildman–Crippen LogP) is -0.585. The highest BCUT2D eigenvalue weighted by Gasteiger charge is 2.01. The molecule has 0 saturated carbocycles. The van der Waals surface area contributed by atoms with Crippen molar-refractivity contribution in [1.82, 2.24) is 5.48 Å². The third-order valence-corrected chi connectivity index (χ3v) is 1.43. The molecule has 0 unspecified atom stereocenters. The first-order valence-electron chi connectivity index (χ1n) is 2.86. The molecule has 6 heteroatoms. The summed E-state index contributed by atoms with van der Waals surface area (Å²) < 4.78 is 28.3. The lowest BCUT2D eigenvalue weighted by atomic mass is 10.8. The van der Waals surface area contributed by atoms with Crippen LogP contribution in [0.5, 0.6) is 0 Å². The van der Waals surface area contributed by atoms with Gasteiger partial charge in [0.1, 0.15) is 0 Å². The van der Waals surface area contributed by atoms with Gasteiger partial charge in [-0.25, -0.2) is 5.48 Å². The first-order valence-corrected chi connectivity index (χ1v) is 4.47. The molecule has 0 atom stereocenters. The summed E-state index contributed by atoms with van der Waals surface area (Å²) in [6.07, 6.45) is 0. The van der Waals surface area contributed by atoms with Crippen LogP contribution in [0.4, 0.5) is 0 Å². The molecule has 0 aromatic heterocycles. The summed E-state index contributed by atoms with van der Waals surface area (Å²) in [4.78, 5) is 4.60. The molecule has 0 aromatic carbocycles. The topological polar surface area (TPSA) is 75.6 Å². The molecule has 0 rings (SSSR count). The Bertz CT molecular complexity index is 164. The standard InChI is InChI=1S/C4H11NO4S/c1-2-9-5-3-4-10(6,7)8/h5H,2-4H2,1H3,(H,6,7,8). The maximum absolute atomic E-state index is 10.1. The Kier molecular flexibility index (Phi) is 4.54. The van der Waals surface area contributed by atoms with E-state index in [0.717, 1.165) is 0 Å². The fourth-order valence-corrected chi connectivity index (χ4v) is 0.686. The Morgan fingerprint density at radius 3 is 2.60 bits per heavy atom. The molecule has 0 bridgehead atoms. The third kappa shape index (κ3) is 7.83. The Morgan fingerprint density at radius 1 is 1.60 bits per heavy atom. The van der Waals surface area contributed by atoms with Crippen molar-refractivity contribution in [3.8, 4) is 0 Å². The monoisotopic (exact) mass is 169 g/mol. The Balaban J connectivity index is 3.21. The van der Waals surface area contributed by atoms with Crippen molar-refractivity contribution in [1.29, 1.82) is 0 Å². The van der Waals surface area contributed by atoms with Crippen molar-refractivity contribution in [2.24, 2.45) is 0 Å². The van der Waals surface area contributed by atoms with E-state index in [2.05, 4.69) is 10.3 Å². The highest BCUT2D eigenvalue weighted by molar-refractivity contribution is 7.85. The maximum Gasteiger partial charge on any atom is 0.266 e. The minimum absolute atomic E-state index is 0.104. The van der Waals surface area contributed by atoms with Gasteiger partial charge in [-0.3, -0.25) is 4.55 Å². The molecule has 0 radical (unpaired) electrons. The van der Waals surface area contributed by atoms with Crippen LogP contribution in [0.1, 0.15) is 6.92 Å². The molecular weight excluding hydrogens is 158 g/mol. The zero-order chi connectivity index (χ0) is 8.04. The van der Waals surface area contributed by atoms with Crippen molar-refractivity contribution in [3.63, 3.8) is 0 Å². The number of nitrogens with one attached hydrogen (secondary N) is 1. The molecule has 10 heavy (non-hydrogen) atoms. The average molecular weight is 169 g/mol. The summed E-state index contributed by atoms with van der Waals surface area (Å²) in [5.74, 6) is -0.326. The molecule has 5 nitrogen and oxygen atoms in total. The fourth-order valence-electron chi connectivity index (χ4n) is 0.345. The molecular formula is C4H11NO4S. The van der Waals surface area contributed by atoms with E-state index in [0.29, 0.717) is 6.61 Å². The fraction of sp³-hybridized carbons (Fsp3) is 1.00. The van der Waals surface area contributed by atoms with Gasteiger partial charge < -0.3 is 4.84 Å². The lowest BCUT2D eigenvalue weighted by Crippen LogP contribution is -2.22. The van der Waals surface area contributed by atoms with Crippen LogP contribution >= 0.6 is 0 Å². The summed E-state index contributed by atoms with van der Waals surface area (Å²) in [5, 5.41) is 0. The zero-order valence-corrected chi connectivity index (χ0v) is 6.52. The Hall–Kier alpha value is -0.170. The van der Waals surface area contributed by atoms with Crippen LogP contribution in [-0.2, 0) is 15.0 Å². The lowest BCUT2D eigenvalue weighted by molar-refractivity contribution is 0.0549. The number of rotatable bonds is 5. The summed E-state index contributed by atoms with van der Waals surface area (Å²) in [6.45, 7) is 2.33. The van der Waals surface area contributed by atoms with Crippen molar-refractivity contribution >= 4 is 10.1 Å². The first-order chi connectivity index (χ1) is 4.56. The van der Waals surface area contributed by atoms with E-state index >= 15 is 0 Å². The molecule has 0 saturated heterocycles. The molecule has 0 aliphatic rings. The number of hydrogen-bond acceptors (Lipinski definition) is 4. The second-order valence-corrected chi connectivity index (χ2v) is 3.19. The molecule has 62 valence electrons. The summed E-state index contributed by atoms with van der Waals surface area (Å²) in [6, 6.07) is 0. The van der Waals surface area contributed by atoms with Crippen LogP contribution in [-0.4, -0.2) is 31.9 Å². The van der Waals surface area contributed by atoms with Crippen molar-refractivity contribution < 1.29 is 17.8 Å². The normalized spacial score (nSPS) is 11.8. The Morgan fingerprint density at radius 2 is 2.20 bits per heavy atom. The van der Waals surface area contributed by atoms with E-state index in [-0.39, 0.29) is 12.3 Å². The van der Waals surface area contributed by atoms with Gasteiger partial charge in [0.2, 0.25) is 0 Å². The highest BCUT2D eigenvalue weighted by Crippen LogP contribution is 1.78. The molecule has 0 fully saturated rings. The van der Waals surface area contributed by atoms with E-state index < -0.39 is 10.1 Å². The SMILES string of the molecule is CCONCCS(=O)(=O)O. The van der Waals surface area contributed by atoms with Crippen LogP contribution in [0.25, 0.3) is 0 Å². The van der Waals surface area contributed by atoms with Gasteiger partial charge in [-0.2, -0.15) is 8.42 Å². The predicted molar refractivity (Wildman–Crippen MR) is 36.0 cm³/mol. The Labute approximate surface area is 60.1 Å². The highest BCUT2D eigenvalue weighted by atomic mass is 32.2.